The summed E-state index contributed by atoms with van der Waals surface area (Å²) in [6.45, 7) is 3.09. The molecule has 1 unspecified atom stereocenters. The lowest BCUT2D eigenvalue weighted by atomic mass is 9.89. The Hall–Kier alpha value is -3.31. The molecule has 0 N–H and O–H groups in total. The van der Waals surface area contributed by atoms with Gasteiger partial charge in [-0.15, -0.1) is 0 Å². The Kier molecular flexibility index (Phi) is 6.54. The summed E-state index contributed by atoms with van der Waals surface area (Å²) in [5, 5.41) is 0. The van der Waals surface area contributed by atoms with Crippen molar-refractivity contribution in [1.82, 2.24) is 4.90 Å². The van der Waals surface area contributed by atoms with Gasteiger partial charge in [0.2, 0.25) is 5.91 Å². The molecular weight excluding hydrogens is 427 g/mol. The summed E-state index contributed by atoms with van der Waals surface area (Å²) in [5.41, 5.74) is 3.89. The first-order chi connectivity index (χ1) is 16.6. The van der Waals surface area contributed by atoms with E-state index >= 15 is 0 Å². The third kappa shape index (κ3) is 4.66. The maximum absolute atomic E-state index is 13.4. The fraction of sp³-hybridized carbons (Fsp3) is 0.310. The minimum atomic E-state index is -0.324. The van der Waals surface area contributed by atoms with Gasteiger partial charge in [-0.1, -0.05) is 48.5 Å². The summed E-state index contributed by atoms with van der Waals surface area (Å²) in [7, 11) is 0. The average Bonchev–Trinajstić information content (AvgIpc) is 3.14. The third-order valence-electron chi connectivity index (χ3n) is 7.18. The van der Waals surface area contributed by atoms with Crippen LogP contribution in [0, 0.1) is 11.7 Å². The first-order valence-corrected chi connectivity index (χ1v) is 12.1. The molecule has 0 aromatic heterocycles. The molecule has 1 saturated heterocycles. The number of fused-ring (bicyclic) bond motifs is 1. The number of piperidine rings is 1. The third-order valence-corrected chi connectivity index (χ3v) is 7.18. The van der Waals surface area contributed by atoms with E-state index < -0.39 is 0 Å². The van der Waals surface area contributed by atoms with Crippen LogP contribution in [-0.2, 0) is 11.2 Å². The minimum absolute atomic E-state index is 0.0221. The minimum Gasteiger partial charge on any atom is -0.310 e. The fourth-order valence-corrected chi connectivity index (χ4v) is 5.26. The number of likely N-dealkylation sites (tertiary alicyclic amines) is 1. The Labute approximate surface area is 200 Å². The number of carbonyl (C=O) groups excluding carboxylic acids is 2. The van der Waals surface area contributed by atoms with Crippen LogP contribution in [0.5, 0.6) is 0 Å². The number of para-hydroxylation sites is 1. The highest BCUT2D eigenvalue weighted by Gasteiger charge is 2.37. The van der Waals surface area contributed by atoms with Gasteiger partial charge in [0.25, 0.3) is 0 Å². The zero-order chi connectivity index (χ0) is 23.5. The molecule has 4 nitrogen and oxygen atoms in total. The molecule has 0 bridgehead atoms. The van der Waals surface area contributed by atoms with Crippen molar-refractivity contribution >= 4 is 17.4 Å². The van der Waals surface area contributed by atoms with E-state index in [-0.39, 0.29) is 29.3 Å². The predicted molar refractivity (Wildman–Crippen MR) is 132 cm³/mol. The summed E-state index contributed by atoms with van der Waals surface area (Å²) in [6, 6.07) is 24.2. The molecule has 174 valence electrons. The molecule has 2 aliphatic heterocycles. The first kappa shape index (κ1) is 22.5. The number of rotatable bonds is 7. The largest absolute Gasteiger partial charge is 0.310 e. The number of halogens is 1. The van der Waals surface area contributed by atoms with E-state index in [0.29, 0.717) is 18.5 Å². The van der Waals surface area contributed by atoms with E-state index in [1.165, 1.54) is 17.7 Å². The van der Waals surface area contributed by atoms with Crippen molar-refractivity contribution in [2.24, 2.45) is 5.92 Å². The van der Waals surface area contributed by atoms with Crippen LogP contribution in [0.25, 0.3) is 0 Å². The standard InChI is InChI=1S/C29H29FN2O2/c30-24-12-10-22(11-13-24)28(33)23-14-16-31(17-15-23)18-19-32-27-9-5-4-8-25(27)26(29(32)34)20-21-6-2-1-3-7-21/h1-13,23,26H,14-20H2. The molecule has 2 heterocycles. The zero-order valence-electron chi connectivity index (χ0n) is 19.2. The summed E-state index contributed by atoms with van der Waals surface area (Å²) >= 11 is 0. The van der Waals surface area contributed by atoms with Gasteiger partial charge in [0.1, 0.15) is 5.82 Å². The Balaban J connectivity index is 1.19. The lowest BCUT2D eigenvalue weighted by molar-refractivity contribution is -0.119. The van der Waals surface area contributed by atoms with Crippen LogP contribution >= 0.6 is 0 Å². The van der Waals surface area contributed by atoms with Crippen molar-refractivity contribution in [3.8, 4) is 0 Å². The summed E-state index contributed by atoms with van der Waals surface area (Å²) < 4.78 is 13.2. The molecule has 0 radical (unpaired) electrons. The van der Waals surface area contributed by atoms with Crippen LogP contribution in [0.2, 0.25) is 0 Å². The Morgan fingerprint density at radius 3 is 2.26 bits per heavy atom. The number of carbonyl (C=O) groups is 2. The van der Waals surface area contributed by atoms with Gasteiger partial charge in [-0.25, -0.2) is 4.39 Å². The number of ketones is 1. The monoisotopic (exact) mass is 456 g/mol. The van der Waals surface area contributed by atoms with Gasteiger partial charge in [0.15, 0.2) is 5.78 Å². The molecule has 1 atom stereocenters. The van der Waals surface area contributed by atoms with E-state index in [9.17, 15) is 14.0 Å². The van der Waals surface area contributed by atoms with E-state index in [1.807, 2.05) is 41.3 Å². The number of Topliss-reactive ketones (excluding diaryl/α,β-unsaturated/α-hetero) is 1. The second kappa shape index (κ2) is 9.90. The summed E-state index contributed by atoms with van der Waals surface area (Å²) in [6.07, 6.45) is 2.29. The van der Waals surface area contributed by atoms with Crippen molar-refractivity contribution < 1.29 is 14.0 Å². The molecule has 34 heavy (non-hydrogen) atoms. The average molecular weight is 457 g/mol. The molecule has 1 amide bonds. The van der Waals surface area contributed by atoms with Crippen LogP contribution in [0.1, 0.15) is 40.2 Å². The number of benzene rings is 3. The molecule has 5 heteroatoms. The number of amides is 1. The normalized spacial score (nSPS) is 18.8. The van der Waals surface area contributed by atoms with Gasteiger partial charge in [0.05, 0.1) is 5.92 Å². The molecule has 2 aliphatic rings. The lowest BCUT2D eigenvalue weighted by Gasteiger charge is -2.32. The van der Waals surface area contributed by atoms with Gasteiger partial charge >= 0.3 is 0 Å². The van der Waals surface area contributed by atoms with Crippen LogP contribution < -0.4 is 4.90 Å². The van der Waals surface area contributed by atoms with Gasteiger partial charge in [-0.3, -0.25) is 9.59 Å². The van der Waals surface area contributed by atoms with Gasteiger partial charge < -0.3 is 9.80 Å². The number of anilines is 1. The highest BCUT2D eigenvalue weighted by molar-refractivity contribution is 6.05. The predicted octanol–water partition coefficient (Wildman–Crippen LogP) is 5.09. The van der Waals surface area contributed by atoms with Crippen molar-refractivity contribution in [3.63, 3.8) is 0 Å². The zero-order valence-corrected chi connectivity index (χ0v) is 19.2. The van der Waals surface area contributed by atoms with Crippen LogP contribution in [0.3, 0.4) is 0 Å². The molecule has 3 aromatic carbocycles. The molecule has 1 fully saturated rings. The second-order valence-corrected chi connectivity index (χ2v) is 9.28. The maximum atomic E-state index is 13.4. The van der Waals surface area contributed by atoms with E-state index in [2.05, 4.69) is 23.1 Å². The van der Waals surface area contributed by atoms with E-state index in [0.717, 1.165) is 43.7 Å². The summed E-state index contributed by atoms with van der Waals surface area (Å²) in [5.74, 6) is -0.210. The lowest BCUT2D eigenvalue weighted by Crippen LogP contribution is -2.42. The van der Waals surface area contributed by atoms with Gasteiger partial charge in [-0.05, 0) is 73.8 Å². The Morgan fingerprint density at radius 2 is 1.53 bits per heavy atom. The van der Waals surface area contributed by atoms with Crippen molar-refractivity contribution in [3.05, 3.63) is 101 Å². The fourth-order valence-electron chi connectivity index (χ4n) is 5.26. The highest BCUT2D eigenvalue weighted by atomic mass is 19.1. The van der Waals surface area contributed by atoms with Gasteiger partial charge in [-0.2, -0.15) is 0 Å². The quantitative estimate of drug-likeness (QED) is 0.465. The molecule has 0 aliphatic carbocycles. The maximum Gasteiger partial charge on any atom is 0.234 e. The Bertz CT molecular complexity index is 1150. The van der Waals surface area contributed by atoms with E-state index in [1.54, 1.807) is 12.1 Å². The van der Waals surface area contributed by atoms with Crippen LogP contribution in [0.4, 0.5) is 10.1 Å². The first-order valence-electron chi connectivity index (χ1n) is 12.1. The molecule has 0 spiro atoms. The van der Waals surface area contributed by atoms with Crippen molar-refractivity contribution in [2.75, 3.05) is 31.1 Å². The molecular formula is C29H29FN2O2. The van der Waals surface area contributed by atoms with Crippen LogP contribution in [-0.4, -0.2) is 42.8 Å². The molecule has 0 saturated carbocycles. The van der Waals surface area contributed by atoms with Crippen molar-refractivity contribution in [1.29, 1.82) is 0 Å². The Morgan fingerprint density at radius 1 is 0.853 bits per heavy atom. The topological polar surface area (TPSA) is 40.6 Å². The van der Waals surface area contributed by atoms with Gasteiger partial charge in [0, 0.05) is 30.3 Å². The molecule has 5 rings (SSSR count). The van der Waals surface area contributed by atoms with Crippen LogP contribution in [0.15, 0.2) is 78.9 Å². The number of hydrogen-bond donors (Lipinski definition) is 0. The SMILES string of the molecule is O=C(c1ccc(F)cc1)C1CCN(CCN2C(=O)C(Cc3ccccc3)c3ccccc32)CC1. The van der Waals surface area contributed by atoms with Crippen molar-refractivity contribution in [2.45, 2.75) is 25.2 Å². The van der Waals surface area contributed by atoms with E-state index in [4.69, 9.17) is 0 Å². The number of hydrogen-bond acceptors (Lipinski definition) is 3. The second-order valence-electron chi connectivity index (χ2n) is 9.28. The smallest absolute Gasteiger partial charge is 0.234 e. The summed E-state index contributed by atoms with van der Waals surface area (Å²) in [4.78, 5) is 30.4. The molecule has 3 aromatic rings. The highest BCUT2D eigenvalue weighted by Crippen LogP contribution is 2.39. The number of nitrogens with zero attached hydrogens (tertiary/aromatic N) is 2.